The first-order valence-corrected chi connectivity index (χ1v) is 14.3. The Labute approximate surface area is 246 Å². The van der Waals surface area contributed by atoms with Gasteiger partial charge in [0.25, 0.3) is 0 Å². The van der Waals surface area contributed by atoms with E-state index in [1.165, 1.54) is 7.05 Å². The maximum absolute atomic E-state index is 13.8. The molecule has 11 nitrogen and oxygen atoms in total. The quantitative estimate of drug-likeness (QED) is 0.224. The number of likely N-dealkylation sites (N-methyl/N-ethyl adjacent to an activating group) is 1. The monoisotopic (exact) mass is 582 g/mol. The lowest BCUT2D eigenvalue weighted by Crippen LogP contribution is -2.56. The molecule has 0 saturated carbocycles. The van der Waals surface area contributed by atoms with Crippen LogP contribution in [0.25, 0.3) is 0 Å². The summed E-state index contributed by atoms with van der Waals surface area (Å²) in [5.74, 6) is -2.32. The summed E-state index contributed by atoms with van der Waals surface area (Å²) in [6, 6.07) is 12.5. The Balaban J connectivity index is 1.92. The number of fused-ring (bicyclic) bond motifs is 11. The predicted octanol–water partition coefficient (Wildman–Crippen LogP) is 2.15. The minimum Gasteiger partial charge on any atom is -0.497 e. The molecule has 0 aliphatic carbocycles. The Kier molecular flexibility index (Phi) is 12.2. The number of nitrogens with one attached hydrogen (secondary N) is 4. The molecular weight excluding hydrogens is 540 g/mol. The molecule has 0 unspecified atom stereocenters. The highest BCUT2D eigenvalue weighted by Crippen LogP contribution is 2.27. The van der Waals surface area contributed by atoms with Crippen LogP contribution in [0.4, 0.5) is 0 Å². The van der Waals surface area contributed by atoms with Gasteiger partial charge in [-0.3, -0.25) is 24.4 Å². The second kappa shape index (κ2) is 15.8. The maximum Gasteiger partial charge on any atom is 0.247 e. The van der Waals surface area contributed by atoms with Gasteiger partial charge in [0.1, 0.15) is 23.6 Å². The predicted molar refractivity (Wildman–Crippen MR) is 156 cm³/mol. The Morgan fingerprint density at radius 1 is 1.07 bits per heavy atom. The molecule has 0 fully saturated rings. The number of hydrogen-bond acceptors (Lipinski definition) is 7. The standard InChI is InChI=1S/C31H42N4O7/c1-19(2)16-25-24(29(37)35-40)6-5-15-42-23-13-9-21(10-14-23)18-27(33-28(25)36)31(39)34-26(30(38)32-3)17-20-7-11-22(41-4)12-8-20/h7-14,19,24-27,40H,5-6,15-18H2,1-4H3,(H,32,38)(H,33,36)(H,34,39)(H,35,37)/t24-,25+,26+,27-/m0/s1. The van der Waals surface area contributed by atoms with Crippen LogP contribution in [0.15, 0.2) is 48.5 Å². The van der Waals surface area contributed by atoms with Crippen molar-refractivity contribution < 1.29 is 33.9 Å². The van der Waals surface area contributed by atoms with E-state index in [1.807, 2.05) is 38.1 Å². The van der Waals surface area contributed by atoms with E-state index < -0.39 is 41.6 Å². The summed E-state index contributed by atoms with van der Waals surface area (Å²) >= 11 is 0. The Bertz CT molecular complexity index is 1200. The highest BCUT2D eigenvalue weighted by molar-refractivity contribution is 5.94. The maximum atomic E-state index is 13.8. The zero-order valence-electron chi connectivity index (χ0n) is 24.6. The number of methoxy groups -OCH3 is 1. The third kappa shape index (κ3) is 9.20. The van der Waals surface area contributed by atoms with Gasteiger partial charge in [-0.1, -0.05) is 38.1 Å². The van der Waals surface area contributed by atoms with Gasteiger partial charge < -0.3 is 25.4 Å². The van der Waals surface area contributed by atoms with Crippen molar-refractivity contribution >= 4 is 23.6 Å². The fraction of sp³-hybridized carbons (Fsp3) is 0.484. The second-order valence-electron chi connectivity index (χ2n) is 10.9. The van der Waals surface area contributed by atoms with Crippen LogP contribution in [0, 0.1) is 17.8 Å². The molecule has 2 aliphatic rings. The molecule has 2 heterocycles. The van der Waals surface area contributed by atoms with Gasteiger partial charge in [-0.2, -0.15) is 0 Å². The summed E-state index contributed by atoms with van der Waals surface area (Å²) < 4.78 is 11.0. The molecule has 2 aromatic rings. The van der Waals surface area contributed by atoms with E-state index in [-0.39, 0.29) is 24.7 Å². The van der Waals surface area contributed by atoms with Crippen LogP contribution in [0.2, 0.25) is 0 Å². The van der Waals surface area contributed by atoms with Crippen LogP contribution in [0.1, 0.15) is 44.2 Å². The number of hydrogen-bond donors (Lipinski definition) is 5. The molecule has 5 N–H and O–H groups in total. The average Bonchev–Trinajstić information content (AvgIpc) is 2.99. The van der Waals surface area contributed by atoms with Gasteiger partial charge in [-0.05, 0) is 60.6 Å². The number of hydroxylamine groups is 1. The highest BCUT2D eigenvalue weighted by atomic mass is 16.5. The number of carbonyl (C=O) groups is 4. The lowest BCUT2D eigenvalue weighted by atomic mass is 9.81. The summed E-state index contributed by atoms with van der Waals surface area (Å²) in [6.07, 6.45) is 1.51. The van der Waals surface area contributed by atoms with Crippen molar-refractivity contribution in [3.05, 3.63) is 59.7 Å². The molecule has 0 saturated heterocycles. The van der Waals surface area contributed by atoms with E-state index in [0.717, 1.165) is 11.1 Å². The molecule has 2 aliphatic heterocycles. The van der Waals surface area contributed by atoms with Gasteiger partial charge in [0.05, 0.1) is 19.6 Å². The van der Waals surface area contributed by atoms with Gasteiger partial charge in [-0.25, -0.2) is 5.48 Å². The van der Waals surface area contributed by atoms with Crippen molar-refractivity contribution in [3.63, 3.8) is 0 Å². The van der Waals surface area contributed by atoms with Crippen molar-refractivity contribution in [1.82, 2.24) is 21.4 Å². The highest BCUT2D eigenvalue weighted by Gasteiger charge is 2.36. The third-order valence-electron chi connectivity index (χ3n) is 7.40. The normalized spacial score (nSPS) is 20.0. The van der Waals surface area contributed by atoms with Crippen LogP contribution in [0.3, 0.4) is 0 Å². The van der Waals surface area contributed by atoms with E-state index in [2.05, 4.69) is 16.0 Å². The summed E-state index contributed by atoms with van der Waals surface area (Å²) in [4.78, 5) is 53.0. The molecular formula is C31H42N4O7. The molecule has 11 heteroatoms. The third-order valence-corrected chi connectivity index (χ3v) is 7.40. The van der Waals surface area contributed by atoms with Crippen molar-refractivity contribution in [3.8, 4) is 11.5 Å². The zero-order chi connectivity index (χ0) is 30.6. The first kappa shape index (κ1) is 32.4. The van der Waals surface area contributed by atoms with E-state index >= 15 is 0 Å². The first-order chi connectivity index (χ1) is 20.1. The largest absolute Gasteiger partial charge is 0.497 e. The van der Waals surface area contributed by atoms with Crippen molar-refractivity contribution in [1.29, 1.82) is 0 Å². The minimum absolute atomic E-state index is 0.0612. The zero-order valence-corrected chi connectivity index (χ0v) is 24.6. The van der Waals surface area contributed by atoms with Crippen LogP contribution in [0.5, 0.6) is 11.5 Å². The molecule has 228 valence electrons. The summed E-state index contributed by atoms with van der Waals surface area (Å²) in [5.41, 5.74) is 3.29. The van der Waals surface area contributed by atoms with E-state index in [0.29, 0.717) is 37.4 Å². The fourth-order valence-corrected chi connectivity index (χ4v) is 5.15. The molecule has 2 aromatic carbocycles. The van der Waals surface area contributed by atoms with Crippen LogP contribution in [-0.2, 0) is 32.0 Å². The van der Waals surface area contributed by atoms with Crippen molar-refractivity contribution in [2.24, 2.45) is 17.8 Å². The number of carbonyl (C=O) groups excluding carboxylic acids is 4. The molecule has 0 aromatic heterocycles. The Morgan fingerprint density at radius 2 is 1.76 bits per heavy atom. The Hall–Kier alpha value is -4.12. The lowest BCUT2D eigenvalue weighted by molar-refractivity contribution is -0.142. The number of benzene rings is 2. The van der Waals surface area contributed by atoms with Crippen molar-refractivity contribution in [2.75, 3.05) is 20.8 Å². The van der Waals surface area contributed by atoms with Crippen LogP contribution in [-0.4, -0.2) is 61.7 Å². The first-order valence-electron chi connectivity index (χ1n) is 14.3. The van der Waals surface area contributed by atoms with Gasteiger partial charge >= 0.3 is 0 Å². The molecule has 0 spiro atoms. The van der Waals surface area contributed by atoms with Crippen molar-refractivity contribution in [2.45, 2.75) is 58.0 Å². The number of ether oxygens (including phenoxy) is 2. The van der Waals surface area contributed by atoms with E-state index in [4.69, 9.17) is 9.47 Å². The topological polar surface area (TPSA) is 155 Å². The smallest absolute Gasteiger partial charge is 0.247 e. The second-order valence-corrected chi connectivity index (χ2v) is 10.9. The molecule has 4 rings (SSSR count). The summed E-state index contributed by atoms with van der Waals surface area (Å²) in [6.45, 7) is 4.21. The molecule has 0 radical (unpaired) electrons. The minimum atomic E-state index is -1.04. The van der Waals surface area contributed by atoms with Crippen LogP contribution < -0.4 is 30.9 Å². The number of amides is 4. The lowest BCUT2D eigenvalue weighted by Gasteiger charge is -2.29. The summed E-state index contributed by atoms with van der Waals surface area (Å²) in [7, 11) is 3.05. The van der Waals surface area contributed by atoms with Gasteiger partial charge in [0.2, 0.25) is 23.6 Å². The van der Waals surface area contributed by atoms with Crippen LogP contribution >= 0.6 is 0 Å². The molecule has 2 bridgehead atoms. The number of rotatable bonds is 9. The van der Waals surface area contributed by atoms with E-state index in [9.17, 15) is 24.4 Å². The molecule has 4 amide bonds. The molecule has 4 atom stereocenters. The summed E-state index contributed by atoms with van der Waals surface area (Å²) in [5, 5.41) is 17.7. The fourth-order valence-electron chi connectivity index (χ4n) is 5.15. The SMILES string of the molecule is CNC(=O)[C@@H](Cc1ccc(OC)cc1)NC(=O)[C@@H]1Cc2ccc(cc2)OCCC[C@H](C(=O)NO)[C@@H](CC(C)C)C(=O)N1. The van der Waals surface area contributed by atoms with Gasteiger partial charge in [0.15, 0.2) is 0 Å². The van der Waals surface area contributed by atoms with Gasteiger partial charge in [0, 0.05) is 25.8 Å². The van der Waals surface area contributed by atoms with Gasteiger partial charge in [-0.15, -0.1) is 0 Å². The molecule has 42 heavy (non-hydrogen) atoms. The Morgan fingerprint density at radius 3 is 2.36 bits per heavy atom. The average molecular weight is 583 g/mol. The van der Waals surface area contributed by atoms with E-state index in [1.54, 1.807) is 36.9 Å².